The van der Waals surface area contributed by atoms with E-state index >= 15 is 0 Å². The predicted octanol–water partition coefficient (Wildman–Crippen LogP) is 3.42. The van der Waals surface area contributed by atoms with Crippen molar-refractivity contribution in [2.45, 2.75) is 0 Å². The molecule has 0 saturated heterocycles. The van der Waals surface area contributed by atoms with E-state index in [1.807, 2.05) is 56.7 Å². The minimum Gasteiger partial charge on any atom is -0.456 e. The van der Waals surface area contributed by atoms with Crippen molar-refractivity contribution in [3.63, 3.8) is 0 Å². The number of benzene rings is 1. The van der Waals surface area contributed by atoms with Gasteiger partial charge in [-0.2, -0.15) is 0 Å². The van der Waals surface area contributed by atoms with Gasteiger partial charge < -0.3 is 14.6 Å². The van der Waals surface area contributed by atoms with Crippen LogP contribution in [-0.2, 0) is 0 Å². The molecule has 0 unspecified atom stereocenters. The molecule has 0 bridgehead atoms. The number of anilines is 1. The summed E-state index contributed by atoms with van der Waals surface area (Å²) in [5.74, 6) is 1.55. The highest BCUT2D eigenvalue weighted by Crippen LogP contribution is 2.25. The van der Waals surface area contributed by atoms with Gasteiger partial charge in [0.25, 0.3) is 0 Å². The summed E-state index contributed by atoms with van der Waals surface area (Å²) < 4.78 is 5.80. The van der Waals surface area contributed by atoms with E-state index in [-0.39, 0.29) is 0 Å². The van der Waals surface area contributed by atoms with Crippen LogP contribution in [-0.4, -0.2) is 24.1 Å². The Morgan fingerprint density at radius 3 is 2.58 bits per heavy atom. The van der Waals surface area contributed by atoms with Gasteiger partial charge in [-0.25, -0.2) is 4.98 Å². The number of pyridine rings is 1. The number of hydrogen-bond acceptors (Lipinski definition) is 3. The minimum atomic E-state index is 0.740. The second-order valence-electron chi connectivity index (χ2n) is 4.58. The Labute approximate surface area is 111 Å². The van der Waals surface area contributed by atoms with Gasteiger partial charge in [0, 0.05) is 31.4 Å². The molecule has 1 aromatic carbocycles. The SMILES string of the molecule is CN(C)c1ccc(Oc2cnc3[nH]ccc3c2)cc1. The maximum Gasteiger partial charge on any atom is 0.146 e. The summed E-state index contributed by atoms with van der Waals surface area (Å²) in [6, 6.07) is 11.9. The molecule has 0 saturated carbocycles. The van der Waals surface area contributed by atoms with Gasteiger partial charge in [0.05, 0.1) is 6.20 Å². The van der Waals surface area contributed by atoms with E-state index in [0.29, 0.717) is 0 Å². The van der Waals surface area contributed by atoms with Crippen LogP contribution < -0.4 is 9.64 Å². The normalized spacial score (nSPS) is 10.6. The summed E-state index contributed by atoms with van der Waals surface area (Å²) in [4.78, 5) is 9.41. The largest absolute Gasteiger partial charge is 0.456 e. The lowest BCUT2D eigenvalue weighted by Gasteiger charge is -2.12. The lowest BCUT2D eigenvalue weighted by atomic mass is 10.3. The molecule has 2 heterocycles. The first-order chi connectivity index (χ1) is 9.22. The zero-order valence-corrected chi connectivity index (χ0v) is 10.9. The van der Waals surface area contributed by atoms with Gasteiger partial charge in [-0.15, -0.1) is 0 Å². The van der Waals surface area contributed by atoms with E-state index in [9.17, 15) is 0 Å². The van der Waals surface area contributed by atoms with Crippen LogP contribution in [0.25, 0.3) is 11.0 Å². The number of fused-ring (bicyclic) bond motifs is 1. The standard InChI is InChI=1S/C15H15N3O/c1-18(2)12-3-5-13(6-4-12)19-14-9-11-7-8-16-15(11)17-10-14/h3-10H,1-2H3,(H,16,17). The molecule has 0 aliphatic carbocycles. The molecule has 96 valence electrons. The van der Waals surface area contributed by atoms with Gasteiger partial charge in [-0.05, 0) is 36.4 Å². The van der Waals surface area contributed by atoms with E-state index in [1.165, 1.54) is 0 Å². The smallest absolute Gasteiger partial charge is 0.146 e. The third-order valence-electron chi connectivity index (χ3n) is 2.96. The number of nitrogens with zero attached hydrogens (tertiary/aromatic N) is 2. The van der Waals surface area contributed by atoms with Crippen molar-refractivity contribution in [1.82, 2.24) is 9.97 Å². The molecule has 4 nitrogen and oxygen atoms in total. The number of aromatic nitrogens is 2. The Hall–Kier alpha value is -2.49. The van der Waals surface area contributed by atoms with E-state index in [2.05, 4.69) is 14.9 Å². The molecule has 0 aliphatic rings. The highest BCUT2D eigenvalue weighted by Gasteiger charge is 2.02. The Kier molecular flexibility index (Phi) is 2.83. The zero-order chi connectivity index (χ0) is 13.2. The van der Waals surface area contributed by atoms with Crippen LogP contribution in [0.2, 0.25) is 0 Å². The molecule has 19 heavy (non-hydrogen) atoms. The molecule has 0 fully saturated rings. The molecule has 0 atom stereocenters. The lowest BCUT2D eigenvalue weighted by Crippen LogP contribution is -2.07. The number of aromatic amines is 1. The highest BCUT2D eigenvalue weighted by atomic mass is 16.5. The third kappa shape index (κ3) is 2.38. The summed E-state index contributed by atoms with van der Waals surface area (Å²) in [6.07, 6.45) is 3.59. The molecule has 0 radical (unpaired) electrons. The molecule has 2 aromatic heterocycles. The van der Waals surface area contributed by atoms with Crippen molar-refractivity contribution >= 4 is 16.7 Å². The monoisotopic (exact) mass is 253 g/mol. The van der Waals surface area contributed by atoms with Crippen LogP contribution in [0.5, 0.6) is 11.5 Å². The Bertz CT molecular complexity index is 686. The first kappa shape index (κ1) is 11.6. The van der Waals surface area contributed by atoms with Crippen LogP contribution in [0.1, 0.15) is 0 Å². The number of hydrogen-bond donors (Lipinski definition) is 1. The van der Waals surface area contributed by atoms with Gasteiger partial charge in [0.2, 0.25) is 0 Å². The van der Waals surface area contributed by atoms with Gasteiger partial charge in [-0.3, -0.25) is 0 Å². The molecule has 0 aliphatic heterocycles. The van der Waals surface area contributed by atoms with Gasteiger partial charge >= 0.3 is 0 Å². The van der Waals surface area contributed by atoms with Gasteiger partial charge in [0.15, 0.2) is 0 Å². The summed E-state index contributed by atoms with van der Waals surface area (Å²) in [5.41, 5.74) is 2.02. The van der Waals surface area contributed by atoms with E-state index in [0.717, 1.165) is 28.2 Å². The van der Waals surface area contributed by atoms with Crippen LogP contribution >= 0.6 is 0 Å². The molecular weight excluding hydrogens is 238 g/mol. The van der Waals surface area contributed by atoms with Crippen molar-refractivity contribution in [2.75, 3.05) is 19.0 Å². The average molecular weight is 253 g/mol. The van der Waals surface area contributed by atoms with Crippen molar-refractivity contribution in [2.24, 2.45) is 0 Å². The fourth-order valence-corrected chi connectivity index (χ4v) is 1.92. The number of nitrogens with one attached hydrogen (secondary N) is 1. The number of rotatable bonds is 3. The van der Waals surface area contributed by atoms with Crippen LogP contribution in [0, 0.1) is 0 Å². The Morgan fingerprint density at radius 1 is 1.05 bits per heavy atom. The number of H-pyrrole nitrogens is 1. The van der Waals surface area contributed by atoms with Crippen LogP contribution in [0.4, 0.5) is 5.69 Å². The van der Waals surface area contributed by atoms with Crippen molar-refractivity contribution in [1.29, 1.82) is 0 Å². The topological polar surface area (TPSA) is 41.1 Å². The maximum absolute atomic E-state index is 5.80. The third-order valence-corrected chi connectivity index (χ3v) is 2.96. The molecule has 1 N–H and O–H groups in total. The molecular formula is C15H15N3O. The van der Waals surface area contributed by atoms with Crippen molar-refractivity contribution in [3.05, 3.63) is 48.8 Å². The van der Waals surface area contributed by atoms with E-state index in [4.69, 9.17) is 4.74 Å². The van der Waals surface area contributed by atoms with Crippen molar-refractivity contribution < 1.29 is 4.74 Å². The highest BCUT2D eigenvalue weighted by molar-refractivity contribution is 5.76. The lowest BCUT2D eigenvalue weighted by molar-refractivity contribution is 0.481. The fraction of sp³-hybridized carbons (Fsp3) is 0.133. The Balaban J connectivity index is 1.83. The van der Waals surface area contributed by atoms with E-state index in [1.54, 1.807) is 6.20 Å². The fourth-order valence-electron chi connectivity index (χ4n) is 1.92. The van der Waals surface area contributed by atoms with Crippen LogP contribution in [0.15, 0.2) is 48.8 Å². The van der Waals surface area contributed by atoms with E-state index < -0.39 is 0 Å². The minimum absolute atomic E-state index is 0.740. The molecule has 3 rings (SSSR count). The second-order valence-corrected chi connectivity index (χ2v) is 4.58. The van der Waals surface area contributed by atoms with Gasteiger partial charge in [0.1, 0.15) is 17.1 Å². The van der Waals surface area contributed by atoms with Crippen LogP contribution in [0.3, 0.4) is 0 Å². The zero-order valence-electron chi connectivity index (χ0n) is 10.9. The molecule has 4 heteroatoms. The molecule has 3 aromatic rings. The first-order valence-corrected chi connectivity index (χ1v) is 6.11. The maximum atomic E-state index is 5.80. The molecule has 0 amide bonds. The predicted molar refractivity (Wildman–Crippen MR) is 76.9 cm³/mol. The van der Waals surface area contributed by atoms with Gasteiger partial charge in [-0.1, -0.05) is 0 Å². The Morgan fingerprint density at radius 2 is 1.84 bits per heavy atom. The second kappa shape index (κ2) is 4.65. The quantitative estimate of drug-likeness (QED) is 0.777. The summed E-state index contributed by atoms with van der Waals surface area (Å²) >= 11 is 0. The first-order valence-electron chi connectivity index (χ1n) is 6.11. The summed E-state index contributed by atoms with van der Waals surface area (Å²) in [6.45, 7) is 0. The summed E-state index contributed by atoms with van der Waals surface area (Å²) in [5, 5.41) is 1.04. The summed E-state index contributed by atoms with van der Waals surface area (Å²) in [7, 11) is 4.03. The number of ether oxygens (including phenoxy) is 1. The average Bonchev–Trinajstić information content (AvgIpc) is 2.87. The molecule has 0 spiro atoms. The van der Waals surface area contributed by atoms with Crippen molar-refractivity contribution in [3.8, 4) is 11.5 Å².